The van der Waals surface area contributed by atoms with Gasteiger partial charge in [-0.3, -0.25) is 9.48 Å². The van der Waals surface area contributed by atoms with Crippen LogP contribution in [0.25, 0.3) is 0 Å². The molecule has 0 saturated carbocycles. The monoisotopic (exact) mass is 282 g/mol. The highest BCUT2D eigenvalue weighted by Gasteiger charge is 2.21. The fourth-order valence-corrected chi connectivity index (χ4v) is 2.63. The molecule has 0 saturated heterocycles. The summed E-state index contributed by atoms with van der Waals surface area (Å²) in [5.74, 6) is -1.39. The van der Waals surface area contributed by atoms with Crippen molar-refractivity contribution in [1.82, 2.24) is 15.1 Å². The molecule has 102 valence electrons. The van der Waals surface area contributed by atoms with Crippen molar-refractivity contribution in [2.75, 3.05) is 5.75 Å². The Morgan fingerprint density at radius 1 is 1.63 bits per heavy atom. The van der Waals surface area contributed by atoms with Crippen LogP contribution in [0.1, 0.15) is 18.2 Å². The number of thioether (sulfide) groups is 1. The van der Waals surface area contributed by atoms with Crippen LogP contribution in [0, 0.1) is 18.3 Å². The van der Waals surface area contributed by atoms with Crippen molar-refractivity contribution in [3.63, 3.8) is 0 Å². The van der Waals surface area contributed by atoms with Crippen LogP contribution in [0.3, 0.4) is 0 Å². The first-order valence-electron chi connectivity index (χ1n) is 5.43. The Bertz CT molecular complexity index is 547. The van der Waals surface area contributed by atoms with Gasteiger partial charge in [-0.2, -0.15) is 10.4 Å². The van der Waals surface area contributed by atoms with Crippen LogP contribution < -0.4 is 5.32 Å². The van der Waals surface area contributed by atoms with E-state index in [0.29, 0.717) is 16.3 Å². The van der Waals surface area contributed by atoms with Crippen LogP contribution in [-0.2, 0) is 16.6 Å². The molecule has 0 aliphatic carbocycles. The number of carbonyl (C=O) groups is 2. The number of amides is 1. The Labute approximate surface area is 114 Å². The van der Waals surface area contributed by atoms with E-state index in [0.717, 1.165) is 0 Å². The number of hydrogen-bond donors (Lipinski definition) is 2. The molecule has 1 unspecified atom stereocenters. The maximum atomic E-state index is 11.0. The van der Waals surface area contributed by atoms with Crippen molar-refractivity contribution < 1.29 is 14.7 Å². The molecule has 1 aromatic heterocycles. The Morgan fingerprint density at radius 2 is 2.26 bits per heavy atom. The second-order valence-corrected chi connectivity index (χ2v) is 4.91. The fraction of sp³-hybridized carbons (Fsp3) is 0.455. The summed E-state index contributed by atoms with van der Waals surface area (Å²) in [4.78, 5) is 21.9. The molecule has 0 fully saturated rings. The van der Waals surface area contributed by atoms with Crippen molar-refractivity contribution in [2.45, 2.75) is 24.9 Å². The third-order valence-electron chi connectivity index (χ3n) is 2.34. The summed E-state index contributed by atoms with van der Waals surface area (Å²) in [5.41, 5.74) is 1.03. The predicted molar refractivity (Wildman–Crippen MR) is 68.6 cm³/mol. The molecule has 0 spiro atoms. The number of hydrogen-bond acceptors (Lipinski definition) is 5. The molecule has 0 radical (unpaired) electrons. The second kappa shape index (κ2) is 6.24. The van der Waals surface area contributed by atoms with Crippen LogP contribution in [0.2, 0.25) is 0 Å². The summed E-state index contributed by atoms with van der Waals surface area (Å²) in [7, 11) is 1.68. The summed E-state index contributed by atoms with van der Waals surface area (Å²) in [6, 6.07) is 1.04. The zero-order valence-corrected chi connectivity index (χ0v) is 11.6. The minimum atomic E-state index is -1.11. The highest BCUT2D eigenvalue weighted by atomic mass is 32.2. The summed E-state index contributed by atoms with van der Waals surface area (Å²) in [6.07, 6.45) is 0. The van der Waals surface area contributed by atoms with Crippen molar-refractivity contribution in [3.05, 3.63) is 11.3 Å². The Kier molecular flexibility index (Phi) is 4.94. The molecule has 0 aliphatic heterocycles. The molecule has 1 atom stereocenters. The Balaban J connectivity index is 2.83. The first-order valence-corrected chi connectivity index (χ1v) is 6.41. The van der Waals surface area contributed by atoms with Gasteiger partial charge in [-0.05, 0) is 6.92 Å². The van der Waals surface area contributed by atoms with Gasteiger partial charge in [0.15, 0.2) is 0 Å². The van der Waals surface area contributed by atoms with Gasteiger partial charge in [0.1, 0.15) is 22.7 Å². The SMILES string of the molecule is CC(=O)NC(CSc1c(C#N)c(C)nn1C)C(=O)O. The van der Waals surface area contributed by atoms with Crippen LogP contribution in [-0.4, -0.2) is 38.6 Å². The van der Waals surface area contributed by atoms with Gasteiger partial charge in [0, 0.05) is 19.7 Å². The lowest BCUT2D eigenvalue weighted by atomic mass is 10.3. The summed E-state index contributed by atoms with van der Waals surface area (Å²) in [5, 5.41) is 25.1. The smallest absolute Gasteiger partial charge is 0.327 e. The zero-order chi connectivity index (χ0) is 14.6. The minimum absolute atomic E-state index is 0.128. The summed E-state index contributed by atoms with van der Waals surface area (Å²) < 4.78 is 1.53. The number of carboxylic acid groups (broad SMARTS) is 1. The van der Waals surface area contributed by atoms with Crippen molar-refractivity contribution in [1.29, 1.82) is 5.26 Å². The number of nitrogens with one attached hydrogen (secondary N) is 1. The average molecular weight is 282 g/mol. The standard InChI is InChI=1S/C11H14N4O3S/c1-6-8(4-12)10(15(3)14-6)19-5-9(11(17)18)13-7(2)16/h9H,5H2,1-3H3,(H,13,16)(H,17,18). The van der Waals surface area contributed by atoms with Gasteiger partial charge in [-0.1, -0.05) is 0 Å². The Morgan fingerprint density at radius 3 is 2.74 bits per heavy atom. The van der Waals surface area contributed by atoms with Gasteiger partial charge < -0.3 is 10.4 Å². The summed E-state index contributed by atoms with van der Waals surface area (Å²) >= 11 is 1.18. The van der Waals surface area contributed by atoms with Gasteiger partial charge in [0.25, 0.3) is 0 Å². The highest BCUT2D eigenvalue weighted by molar-refractivity contribution is 7.99. The van der Waals surface area contributed by atoms with Crippen molar-refractivity contribution in [3.8, 4) is 6.07 Å². The van der Waals surface area contributed by atoms with Crippen LogP contribution in [0.5, 0.6) is 0 Å². The number of nitriles is 1. The quantitative estimate of drug-likeness (QED) is 0.751. The van der Waals surface area contributed by atoms with Crippen LogP contribution in [0.4, 0.5) is 0 Å². The van der Waals surface area contributed by atoms with E-state index in [4.69, 9.17) is 10.4 Å². The number of aromatic nitrogens is 2. The number of carbonyl (C=O) groups excluding carboxylic acids is 1. The van der Waals surface area contributed by atoms with Gasteiger partial charge in [-0.25, -0.2) is 4.79 Å². The molecule has 0 aromatic carbocycles. The molecule has 8 heteroatoms. The third-order valence-corrected chi connectivity index (χ3v) is 3.59. The van der Waals surface area contributed by atoms with Gasteiger partial charge in [-0.15, -0.1) is 11.8 Å². The topological polar surface area (TPSA) is 108 Å². The number of carboxylic acids is 1. The Hall–Kier alpha value is -2.01. The van der Waals surface area contributed by atoms with E-state index in [1.54, 1.807) is 14.0 Å². The number of rotatable bonds is 5. The van der Waals surface area contributed by atoms with Gasteiger partial charge in [0.2, 0.25) is 5.91 Å². The zero-order valence-electron chi connectivity index (χ0n) is 10.8. The van der Waals surface area contributed by atoms with E-state index in [9.17, 15) is 9.59 Å². The first kappa shape index (κ1) is 15.0. The van der Waals surface area contributed by atoms with Crippen molar-refractivity contribution >= 4 is 23.6 Å². The lowest BCUT2D eigenvalue weighted by Crippen LogP contribution is -2.41. The normalized spacial score (nSPS) is 11.7. The second-order valence-electron chi connectivity index (χ2n) is 3.90. The lowest BCUT2D eigenvalue weighted by Gasteiger charge is -2.12. The van der Waals surface area contributed by atoms with Crippen molar-refractivity contribution in [2.24, 2.45) is 7.05 Å². The molecular formula is C11H14N4O3S. The van der Waals surface area contributed by atoms with E-state index >= 15 is 0 Å². The predicted octanol–water partition coefficient (Wildman–Crippen LogP) is 0.282. The third kappa shape index (κ3) is 3.72. The number of aliphatic carboxylic acids is 1. The first-order chi connectivity index (χ1) is 8.86. The molecule has 1 heterocycles. The molecule has 1 amide bonds. The lowest BCUT2D eigenvalue weighted by molar-refractivity contribution is -0.140. The highest BCUT2D eigenvalue weighted by Crippen LogP contribution is 2.24. The van der Waals surface area contributed by atoms with E-state index in [2.05, 4.69) is 10.4 Å². The number of nitrogens with zero attached hydrogens (tertiary/aromatic N) is 3. The van der Waals surface area contributed by atoms with Crippen LogP contribution >= 0.6 is 11.8 Å². The molecule has 0 bridgehead atoms. The number of aryl methyl sites for hydroxylation is 2. The van der Waals surface area contributed by atoms with Crippen LogP contribution in [0.15, 0.2) is 5.03 Å². The largest absolute Gasteiger partial charge is 0.480 e. The summed E-state index contributed by atoms with van der Waals surface area (Å²) in [6.45, 7) is 2.97. The van der Waals surface area contributed by atoms with E-state index in [-0.39, 0.29) is 5.75 Å². The molecule has 1 aromatic rings. The maximum Gasteiger partial charge on any atom is 0.327 e. The minimum Gasteiger partial charge on any atom is -0.480 e. The van der Waals surface area contributed by atoms with E-state index in [1.807, 2.05) is 6.07 Å². The molecule has 0 aliphatic rings. The van der Waals surface area contributed by atoms with Gasteiger partial charge >= 0.3 is 5.97 Å². The van der Waals surface area contributed by atoms with E-state index < -0.39 is 17.9 Å². The average Bonchev–Trinajstić information content (AvgIpc) is 2.57. The molecule has 7 nitrogen and oxygen atoms in total. The van der Waals surface area contributed by atoms with E-state index in [1.165, 1.54) is 23.4 Å². The van der Waals surface area contributed by atoms with Gasteiger partial charge in [0.05, 0.1) is 5.69 Å². The molecule has 2 N–H and O–H groups in total. The fourth-order valence-electron chi connectivity index (χ4n) is 1.51. The molecule has 1 rings (SSSR count). The molecular weight excluding hydrogens is 268 g/mol. The maximum absolute atomic E-state index is 11.0. The molecule has 19 heavy (non-hydrogen) atoms.